The van der Waals surface area contributed by atoms with E-state index in [1.807, 2.05) is 47.4 Å². The van der Waals surface area contributed by atoms with Crippen molar-refractivity contribution >= 4 is 11.7 Å². The maximum atomic E-state index is 13.3. The van der Waals surface area contributed by atoms with Crippen LogP contribution in [0.3, 0.4) is 0 Å². The number of halogens is 1. The van der Waals surface area contributed by atoms with E-state index in [1.165, 1.54) is 24.3 Å². The van der Waals surface area contributed by atoms with Crippen LogP contribution in [0.5, 0.6) is 11.5 Å². The lowest BCUT2D eigenvalue weighted by Crippen LogP contribution is -2.40. The first-order valence-electron chi connectivity index (χ1n) is 10.9. The van der Waals surface area contributed by atoms with Gasteiger partial charge in [-0.25, -0.2) is 4.39 Å². The van der Waals surface area contributed by atoms with Crippen LogP contribution in [-0.2, 0) is 11.2 Å². The van der Waals surface area contributed by atoms with Crippen LogP contribution in [0.15, 0.2) is 66.7 Å². The fourth-order valence-electron chi connectivity index (χ4n) is 4.35. The zero-order chi connectivity index (χ0) is 23.4. The van der Waals surface area contributed by atoms with E-state index in [-0.39, 0.29) is 30.6 Å². The van der Waals surface area contributed by atoms with Gasteiger partial charge in [0, 0.05) is 24.9 Å². The lowest BCUT2D eigenvalue weighted by atomic mass is 9.87. The van der Waals surface area contributed by atoms with Gasteiger partial charge in [-0.1, -0.05) is 30.3 Å². The second-order valence-corrected chi connectivity index (χ2v) is 7.99. The molecule has 0 bridgehead atoms. The maximum Gasteiger partial charge on any atom is 0.223 e. The summed E-state index contributed by atoms with van der Waals surface area (Å²) in [5, 5.41) is 0. The zero-order valence-electron chi connectivity index (χ0n) is 18.7. The third kappa shape index (κ3) is 4.75. The van der Waals surface area contributed by atoms with Crippen LogP contribution in [0.2, 0.25) is 0 Å². The van der Waals surface area contributed by atoms with Gasteiger partial charge >= 0.3 is 0 Å². The van der Waals surface area contributed by atoms with Gasteiger partial charge in [0.1, 0.15) is 5.82 Å². The molecule has 0 N–H and O–H groups in total. The molecule has 5 nitrogen and oxygen atoms in total. The Bertz CT molecular complexity index is 1140. The number of ether oxygens (including phenoxy) is 2. The third-order valence-electron chi connectivity index (χ3n) is 6.04. The molecule has 0 spiro atoms. The highest BCUT2D eigenvalue weighted by Gasteiger charge is 2.33. The summed E-state index contributed by atoms with van der Waals surface area (Å²) in [6.07, 6.45) is 0.833. The maximum absolute atomic E-state index is 13.3. The highest BCUT2D eigenvalue weighted by Crippen LogP contribution is 2.41. The van der Waals surface area contributed by atoms with Gasteiger partial charge in [-0.05, 0) is 59.5 Å². The summed E-state index contributed by atoms with van der Waals surface area (Å²) >= 11 is 0. The second-order valence-electron chi connectivity index (χ2n) is 7.99. The van der Waals surface area contributed by atoms with Gasteiger partial charge in [0.2, 0.25) is 5.91 Å². The monoisotopic (exact) mass is 447 g/mol. The molecule has 0 aliphatic carbocycles. The number of fused-ring (bicyclic) bond motifs is 1. The van der Waals surface area contributed by atoms with E-state index >= 15 is 0 Å². The number of methoxy groups -OCH3 is 2. The summed E-state index contributed by atoms with van der Waals surface area (Å²) in [4.78, 5) is 27.7. The summed E-state index contributed by atoms with van der Waals surface area (Å²) in [7, 11) is 3.20. The van der Waals surface area contributed by atoms with Gasteiger partial charge in [-0.3, -0.25) is 9.59 Å². The highest BCUT2D eigenvalue weighted by atomic mass is 19.1. The molecule has 1 aliphatic rings. The molecule has 0 fully saturated rings. The highest BCUT2D eigenvalue weighted by molar-refractivity contribution is 5.98. The third-order valence-corrected chi connectivity index (χ3v) is 6.04. The number of amides is 1. The van der Waals surface area contributed by atoms with Crippen LogP contribution in [0.25, 0.3) is 0 Å². The van der Waals surface area contributed by atoms with Crippen LogP contribution < -0.4 is 9.47 Å². The van der Waals surface area contributed by atoms with Crippen molar-refractivity contribution in [1.29, 1.82) is 0 Å². The molecule has 1 aliphatic heterocycles. The Balaban J connectivity index is 1.61. The Morgan fingerprint density at radius 1 is 0.939 bits per heavy atom. The summed E-state index contributed by atoms with van der Waals surface area (Å²) in [5.41, 5.74) is 3.49. The summed E-state index contributed by atoms with van der Waals surface area (Å²) in [6.45, 7) is 0.533. The Hall–Kier alpha value is -3.67. The average Bonchev–Trinajstić information content (AvgIpc) is 2.86. The first kappa shape index (κ1) is 22.5. The summed E-state index contributed by atoms with van der Waals surface area (Å²) in [6, 6.07) is 18.9. The van der Waals surface area contributed by atoms with Gasteiger partial charge in [0.15, 0.2) is 17.3 Å². The predicted octanol–water partition coefficient (Wildman–Crippen LogP) is 4.98. The minimum Gasteiger partial charge on any atom is -0.493 e. The standard InChI is InChI=1S/C27H26FNO4/c1-32-24-16-20-14-15-29(26(31)13-12-23(30)18-8-10-21(28)11-9-18)27(19-6-4-3-5-7-19)22(20)17-25(24)33-2/h3-11,16-17,27H,12-15H2,1-2H3. The van der Waals surface area contributed by atoms with Crippen LogP contribution in [0, 0.1) is 5.82 Å². The summed E-state index contributed by atoms with van der Waals surface area (Å²) in [5.74, 6) is 0.598. The smallest absolute Gasteiger partial charge is 0.223 e. The molecule has 3 aromatic carbocycles. The van der Waals surface area contributed by atoms with Crippen molar-refractivity contribution in [3.63, 3.8) is 0 Å². The molecule has 1 atom stereocenters. The Morgan fingerprint density at radius 3 is 2.27 bits per heavy atom. The van der Waals surface area contributed by atoms with Crippen molar-refractivity contribution in [3.8, 4) is 11.5 Å². The van der Waals surface area contributed by atoms with Crippen molar-refractivity contribution < 1.29 is 23.5 Å². The first-order valence-corrected chi connectivity index (χ1v) is 10.9. The fourth-order valence-corrected chi connectivity index (χ4v) is 4.35. The topological polar surface area (TPSA) is 55.8 Å². The molecule has 1 unspecified atom stereocenters. The lowest BCUT2D eigenvalue weighted by molar-refractivity contribution is -0.133. The van der Waals surface area contributed by atoms with E-state index in [2.05, 4.69) is 0 Å². The van der Waals surface area contributed by atoms with E-state index in [4.69, 9.17) is 9.47 Å². The van der Waals surface area contributed by atoms with E-state index in [0.717, 1.165) is 16.7 Å². The van der Waals surface area contributed by atoms with Crippen LogP contribution in [-0.4, -0.2) is 37.4 Å². The number of ketones is 1. The van der Waals surface area contributed by atoms with Crippen molar-refractivity contribution in [3.05, 3.63) is 94.8 Å². The van der Waals surface area contributed by atoms with Crippen molar-refractivity contribution in [2.24, 2.45) is 0 Å². The minimum absolute atomic E-state index is 0.0707. The Kier molecular flexibility index (Phi) is 6.73. The van der Waals surface area contributed by atoms with Gasteiger partial charge in [-0.15, -0.1) is 0 Å². The quantitative estimate of drug-likeness (QED) is 0.480. The number of Topliss-reactive ketones (excluding diaryl/α,β-unsaturated/α-hetero) is 1. The molecule has 3 aromatic rings. The second kappa shape index (κ2) is 9.86. The molecule has 4 rings (SSSR count). The van der Waals surface area contributed by atoms with E-state index in [9.17, 15) is 14.0 Å². The van der Waals surface area contributed by atoms with Crippen molar-refractivity contribution in [2.75, 3.05) is 20.8 Å². The molecule has 0 saturated heterocycles. The van der Waals surface area contributed by atoms with E-state index in [0.29, 0.717) is 30.0 Å². The molecule has 0 saturated carbocycles. The predicted molar refractivity (Wildman–Crippen MR) is 123 cm³/mol. The van der Waals surface area contributed by atoms with Gasteiger partial charge in [0.25, 0.3) is 0 Å². The normalized spacial score (nSPS) is 15.0. The number of benzene rings is 3. The molecule has 33 heavy (non-hydrogen) atoms. The number of hydrogen-bond donors (Lipinski definition) is 0. The van der Waals surface area contributed by atoms with Gasteiger partial charge in [-0.2, -0.15) is 0 Å². The molecule has 6 heteroatoms. The minimum atomic E-state index is -0.396. The fraction of sp³-hybridized carbons (Fsp3) is 0.259. The molecule has 0 radical (unpaired) electrons. The number of carbonyl (C=O) groups excluding carboxylic acids is 2. The van der Waals surface area contributed by atoms with Crippen LogP contribution in [0.1, 0.15) is 45.9 Å². The van der Waals surface area contributed by atoms with Crippen LogP contribution >= 0.6 is 0 Å². The first-order chi connectivity index (χ1) is 16.0. The molecule has 0 aromatic heterocycles. The molecular weight excluding hydrogens is 421 g/mol. The largest absolute Gasteiger partial charge is 0.493 e. The SMILES string of the molecule is COc1cc2c(cc1OC)C(c1ccccc1)N(C(=O)CCC(=O)c1ccc(F)cc1)CC2. The number of rotatable bonds is 7. The molecular formula is C27H26FNO4. The van der Waals surface area contributed by atoms with Crippen LogP contribution in [0.4, 0.5) is 4.39 Å². The Morgan fingerprint density at radius 2 is 1.61 bits per heavy atom. The molecule has 170 valence electrons. The molecule has 1 amide bonds. The lowest BCUT2D eigenvalue weighted by Gasteiger charge is -2.38. The molecule has 1 heterocycles. The number of nitrogens with zero attached hydrogens (tertiary/aromatic N) is 1. The Labute approximate surface area is 192 Å². The number of hydrogen-bond acceptors (Lipinski definition) is 4. The summed E-state index contributed by atoms with van der Waals surface area (Å²) < 4.78 is 24.1. The van der Waals surface area contributed by atoms with Gasteiger partial charge < -0.3 is 14.4 Å². The van der Waals surface area contributed by atoms with Gasteiger partial charge in [0.05, 0.1) is 20.3 Å². The number of carbonyl (C=O) groups is 2. The average molecular weight is 448 g/mol. The zero-order valence-corrected chi connectivity index (χ0v) is 18.7. The van der Waals surface area contributed by atoms with Crippen molar-refractivity contribution in [1.82, 2.24) is 4.90 Å². The van der Waals surface area contributed by atoms with E-state index in [1.54, 1.807) is 14.2 Å². The van der Waals surface area contributed by atoms with Crippen molar-refractivity contribution in [2.45, 2.75) is 25.3 Å². The van der Waals surface area contributed by atoms with E-state index < -0.39 is 5.82 Å².